The Bertz CT molecular complexity index is 1060. The van der Waals surface area contributed by atoms with Crippen molar-refractivity contribution in [3.05, 3.63) is 59.2 Å². The first-order valence-corrected chi connectivity index (χ1v) is 11.2. The van der Waals surface area contributed by atoms with E-state index in [1.54, 1.807) is 24.3 Å². The van der Waals surface area contributed by atoms with E-state index < -0.39 is 5.54 Å². The van der Waals surface area contributed by atoms with Crippen LogP contribution in [0.2, 0.25) is 0 Å². The zero-order valence-electron chi connectivity index (χ0n) is 18.5. The predicted molar refractivity (Wildman–Crippen MR) is 127 cm³/mol. The molecular weight excluding hydrogens is 427 g/mol. The number of nitrogens with zero attached hydrogens (tertiary/aromatic N) is 3. The molecule has 2 N–H and O–H groups in total. The molecule has 1 aliphatic rings. The minimum atomic E-state index is -0.731. The Hall–Kier alpha value is -2.89. The van der Waals surface area contributed by atoms with Crippen molar-refractivity contribution in [3.63, 3.8) is 0 Å². The zero-order valence-corrected chi connectivity index (χ0v) is 19.3. The Labute approximate surface area is 192 Å². The lowest BCUT2D eigenvalue weighted by molar-refractivity contribution is 0.0988. The van der Waals surface area contributed by atoms with Gasteiger partial charge < -0.3 is 10.5 Å². The molecule has 3 rings (SSSR count). The standard InChI is InChI=1S/C24H27FN4O2S/c1-24(10-13-32-23(26)28-24)19-14-17(6-8-20(19)25)15-22(30)21-9-7-18(16-27-21)31-12-5-4-11-29(2)3/h6-9,14,16H,10-13,15H2,1-3H3,(H2,26,28)/t24-/m0/s1. The molecule has 2 heterocycles. The lowest BCUT2D eigenvalue weighted by Gasteiger charge is -2.30. The maximum atomic E-state index is 14.6. The number of thioether (sulfide) groups is 1. The molecule has 0 saturated heterocycles. The van der Waals surface area contributed by atoms with E-state index in [1.165, 1.54) is 24.0 Å². The monoisotopic (exact) mass is 454 g/mol. The lowest BCUT2D eigenvalue weighted by atomic mass is 9.87. The number of hydrogen-bond acceptors (Lipinski definition) is 7. The highest BCUT2D eigenvalue weighted by Crippen LogP contribution is 2.36. The summed E-state index contributed by atoms with van der Waals surface area (Å²) in [4.78, 5) is 23.4. The number of Topliss-reactive ketones (excluding diaryl/α,β-unsaturated/α-hetero) is 1. The van der Waals surface area contributed by atoms with Crippen LogP contribution < -0.4 is 10.5 Å². The van der Waals surface area contributed by atoms with E-state index in [4.69, 9.17) is 10.5 Å². The molecule has 8 heteroatoms. The van der Waals surface area contributed by atoms with Crippen LogP contribution in [0.5, 0.6) is 5.75 Å². The second-order valence-electron chi connectivity index (χ2n) is 8.00. The third-order valence-corrected chi connectivity index (χ3v) is 5.82. The third kappa shape index (κ3) is 6.31. The van der Waals surface area contributed by atoms with E-state index in [0.29, 0.717) is 40.7 Å². The van der Waals surface area contributed by atoms with E-state index in [-0.39, 0.29) is 24.6 Å². The first-order chi connectivity index (χ1) is 15.3. The number of carbonyl (C=O) groups is 1. The van der Waals surface area contributed by atoms with Crippen molar-refractivity contribution in [2.24, 2.45) is 10.7 Å². The quantitative estimate of drug-likeness (QED) is 0.511. The highest BCUT2D eigenvalue weighted by Gasteiger charge is 2.32. The number of pyridine rings is 1. The summed E-state index contributed by atoms with van der Waals surface area (Å²) in [6, 6.07) is 8.04. The van der Waals surface area contributed by atoms with Gasteiger partial charge in [0.15, 0.2) is 11.0 Å². The predicted octanol–water partition coefficient (Wildman–Crippen LogP) is 3.26. The molecule has 0 saturated carbocycles. The van der Waals surface area contributed by atoms with E-state index in [0.717, 1.165) is 5.75 Å². The smallest absolute Gasteiger partial charge is 0.185 e. The van der Waals surface area contributed by atoms with Crippen molar-refractivity contribution in [2.45, 2.75) is 25.3 Å². The van der Waals surface area contributed by atoms with Gasteiger partial charge in [0.25, 0.3) is 0 Å². The van der Waals surface area contributed by atoms with Gasteiger partial charge in [-0.2, -0.15) is 0 Å². The molecule has 2 aromatic rings. The molecular formula is C24H27FN4O2S. The van der Waals surface area contributed by atoms with Crippen LogP contribution in [0.15, 0.2) is 41.5 Å². The first-order valence-electron chi connectivity index (χ1n) is 10.3. The SMILES string of the molecule is CN(C)CC#CCOc1ccc(C(=O)Cc2ccc(F)c([C@]3(C)CCSC(N)=N3)c2)nc1. The summed E-state index contributed by atoms with van der Waals surface area (Å²) >= 11 is 1.47. The maximum Gasteiger partial charge on any atom is 0.185 e. The molecule has 168 valence electrons. The van der Waals surface area contributed by atoms with Crippen molar-refractivity contribution >= 4 is 22.7 Å². The Morgan fingerprint density at radius 3 is 2.81 bits per heavy atom. The summed E-state index contributed by atoms with van der Waals surface area (Å²) in [6.07, 6.45) is 2.30. The van der Waals surface area contributed by atoms with E-state index in [2.05, 4.69) is 21.8 Å². The van der Waals surface area contributed by atoms with Crippen LogP contribution in [-0.2, 0) is 12.0 Å². The molecule has 0 spiro atoms. The van der Waals surface area contributed by atoms with Crippen molar-refractivity contribution in [1.29, 1.82) is 0 Å². The minimum Gasteiger partial charge on any atom is -0.479 e. The average Bonchev–Trinajstić information content (AvgIpc) is 2.75. The Balaban J connectivity index is 1.66. The molecule has 0 amide bonds. The number of ether oxygens (including phenoxy) is 1. The van der Waals surface area contributed by atoms with Gasteiger partial charge in [0.1, 0.15) is 23.9 Å². The number of aliphatic imine (C=N–C) groups is 1. The van der Waals surface area contributed by atoms with Crippen LogP contribution in [0.1, 0.15) is 35.0 Å². The van der Waals surface area contributed by atoms with E-state index in [1.807, 2.05) is 25.9 Å². The van der Waals surface area contributed by atoms with Crippen molar-refractivity contribution in [3.8, 4) is 17.6 Å². The fourth-order valence-corrected chi connectivity index (χ4v) is 4.24. The van der Waals surface area contributed by atoms with Crippen molar-refractivity contribution in [2.75, 3.05) is 33.0 Å². The maximum absolute atomic E-state index is 14.6. The summed E-state index contributed by atoms with van der Waals surface area (Å²) in [5.41, 5.74) is 6.63. The number of benzene rings is 1. The van der Waals surface area contributed by atoms with Gasteiger partial charge in [-0.15, -0.1) is 0 Å². The summed E-state index contributed by atoms with van der Waals surface area (Å²) < 4.78 is 20.1. The van der Waals surface area contributed by atoms with Crippen LogP contribution >= 0.6 is 11.8 Å². The number of nitrogens with two attached hydrogens (primary N) is 1. The average molecular weight is 455 g/mol. The van der Waals surface area contributed by atoms with Crippen LogP contribution in [0.4, 0.5) is 4.39 Å². The molecule has 0 aliphatic carbocycles. The topological polar surface area (TPSA) is 80.8 Å². The first kappa shape index (κ1) is 23.8. The molecule has 0 unspecified atom stereocenters. The molecule has 1 aromatic carbocycles. The highest BCUT2D eigenvalue weighted by molar-refractivity contribution is 8.13. The highest BCUT2D eigenvalue weighted by atomic mass is 32.2. The number of amidine groups is 1. The molecule has 0 fully saturated rings. The van der Waals surface area contributed by atoms with Gasteiger partial charge in [0, 0.05) is 17.7 Å². The number of aromatic nitrogens is 1. The summed E-state index contributed by atoms with van der Waals surface area (Å²) in [7, 11) is 3.89. The second-order valence-corrected chi connectivity index (χ2v) is 9.11. The molecule has 0 radical (unpaired) electrons. The van der Waals surface area contributed by atoms with Gasteiger partial charge in [-0.1, -0.05) is 29.7 Å². The van der Waals surface area contributed by atoms with Crippen LogP contribution in [0, 0.1) is 17.7 Å². The van der Waals surface area contributed by atoms with Crippen molar-refractivity contribution in [1.82, 2.24) is 9.88 Å². The zero-order chi connectivity index (χ0) is 23.1. The Morgan fingerprint density at radius 1 is 1.31 bits per heavy atom. The third-order valence-electron chi connectivity index (χ3n) is 5.02. The van der Waals surface area contributed by atoms with E-state index >= 15 is 0 Å². The van der Waals surface area contributed by atoms with Gasteiger partial charge in [-0.3, -0.25) is 14.7 Å². The normalized spacial score (nSPS) is 18.0. The molecule has 0 bridgehead atoms. The van der Waals surface area contributed by atoms with Gasteiger partial charge in [-0.25, -0.2) is 9.37 Å². The fourth-order valence-electron chi connectivity index (χ4n) is 3.27. The molecule has 32 heavy (non-hydrogen) atoms. The van der Waals surface area contributed by atoms with Gasteiger partial charge >= 0.3 is 0 Å². The summed E-state index contributed by atoms with van der Waals surface area (Å²) in [5.74, 6) is 6.71. The molecule has 1 aromatic heterocycles. The van der Waals surface area contributed by atoms with Crippen LogP contribution in [-0.4, -0.2) is 53.8 Å². The number of rotatable bonds is 7. The van der Waals surface area contributed by atoms with Crippen molar-refractivity contribution < 1.29 is 13.9 Å². The lowest BCUT2D eigenvalue weighted by Crippen LogP contribution is -2.29. The second kappa shape index (κ2) is 10.6. The molecule has 1 atom stereocenters. The Morgan fingerprint density at radius 2 is 2.12 bits per heavy atom. The van der Waals surface area contributed by atoms with Gasteiger partial charge in [0.2, 0.25) is 0 Å². The van der Waals surface area contributed by atoms with Crippen LogP contribution in [0.3, 0.4) is 0 Å². The van der Waals surface area contributed by atoms with Gasteiger partial charge in [0.05, 0.1) is 18.3 Å². The van der Waals surface area contributed by atoms with E-state index in [9.17, 15) is 9.18 Å². The summed E-state index contributed by atoms with van der Waals surface area (Å²) in [6.45, 7) is 2.79. The fraction of sp³-hybridized carbons (Fsp3) is 0.375. The number of hydrogen-bond donors (Lipinski definition) is 1. The van der Waals surface area contributed by atoms with Crippen LogP contribution in [0.25, 0.3) is 0 Å². The Kier molecular flexibility index (Phi) is 7.89. The number of halogens is 1. The summed E-state index contributed by atoms with van der Waals surface area (Å²) in [5, 5.41) is 0.454. The largest absolute Gasteiger partial charge is 0.479 e. The van der Waals surface area contributed by atoms with Gasteiger partial charge in [-0.05, 0) is 57.3 Å². The number of carbonyl (C=O) groups excluding carboxylic acids is 1. The molecule has 1 aliphatic heterocycles. The number of ketones is 1. The molecule has 6 nitrogen and oxygen atoms in total. The minimum absolute atomic E-state index is 0.112.